The van der Waals surface area contributed by atoms with Crippen molar-refractivity contribution in [2.75, 3.05) is 40.3 Å². The summed E-state index contributed by atoms with van der Waals surface area (Å²) >= 11 is 0. The zero-order valence-corrected chi connectivity index (χ0v) is 21.8. The molecule has 4 rings (SSSR count). The third-order valence-corrected chi connectivity index (χ3v) is 6.90. The molecule has 1 aromatic heterocycles. The van der Waals surface area contributed by atoms with Crippen LogP contribution in [0.4, 0.5) is 17.6 Å². The molecule has 1 fully saturated rings. The average molecular weight is 557 g/mol. The number of fused-ring (bicyclic) bond motifs is 1. The lowest BCUT2D eigenvalue weighted by atomic mass is 9.80. The number of carbonyl (C=O) groups is 3. The van der Waals surface area contributed by atoms with Crippen LogP contribution in [0.3, 0.4) is 0 Å². The minimum atomic E-state index is -5.08. The molecule has 0 radical (unpaired) electrons. The molecule has 14 heteroatoms. The number of benzene rings is 1. The van der Waals surface area contributed by atoms with E-state index in [1.54, 1.807) is 12.1 Å². The Labute approximate surface area is 223 Å². The van der Waals surface area contributed by atoms with Crippen LogP contribution < -0.4 is 5.32 Å². The molecule has 2 aromatic rings. The van der Waals surface area contributed by atoms with Gasteiger partial charge < -0.3 is 24.8 Å². The number of carboxylic acid groups (broad SMARTS) is 1. The standard InChI is InChI=1S/C23H31FN6O2.C2HF3O2/c1-28(2)13-10-25-22(32)21-27-26-19-6-7-23(9-12-30(19)21)8-11-29(16-23)20(31)15-17-4-3-5-18(24)14-17;3-2(4,5)1(6)7/h3-5,14H,6-13,15-16H2,1-2H3,(H,25,32);(H,6,7). The number of hydrogen-bond acceptors (Lipinski definition) is 6. The zero-order valence-electron chi connectivity index (χ0n) is 21.8. The van der Waals surface area contributed by atoms with Gasteiger partial charge in [-0.2, -0.15) is 13.2 Å². The summed E-state index contributed by atoms with van der Waals surface area (Å²) in [5.74, 6) is -2.02. The van der Waals surface area contributed by atoms with E-state index in [0.29, 0.717) is 37.6 Å². The summed E-state index contributed by atoms with van der Waals surface area (Å²) in [6.07, 6.45) is -1.40. The highest BCUT2D eigenvalue weighted by atomic mass is 19.4. The number of likely N-dealkylation sites (N-methyl/N-ethyl adjacent to an activating group) is 1. The molecule has 39 heavy (non-hydrogen) atoms. The summed E-state index contributed by atoms with van der Waals surface area (Å²) in [7, 11) is 3.92. The van der Waals surface area contributed by atoms with Crippen LogP contribution in [0, 0.1) is 11.2 Å². The van der Waals surface area contributed by atoms with Gasteiger partial charge in [-0.15, -0.1) is 10.2 Å². The van der Waals surface area contributed by atoms with Crippen LogP contribution >= 0.6 is 0 Å². The van der Waals surface area contributed by atoms with E-state index in [-0.39, 0.29) is 29.5 Å². The molecule has 10 nitrogen and oxygen atoms in total. The number of aromatic nitrogens is 3. The molecule has 0 bridgehead atoms. The van der Waals surface area contributed by atoms with E-state index >= 15 is 0 Å². The molecule has 2 aliphatic heterocycles. The van der Waals surface area contributed by atoms with E-state index in [1.807, 2.05) is 28.5 Å². The highest BCUT2D eigenvalue weighted by Crippen LogP contribution is 2.41. The summed E-state index contributed by atoms with van der Waals surface area (Å²) in [6, 6.07) is 6.24. The number of hydrogen-bond donors (Lipinski definition) is 2. The second kappa shape index (κ2) is 12.5. The molecule has 0 aliphatic carbocycles. The quantitative estimate of drug-likeness (QED) is 0.523. The number of carbonyl (C=O) groups excluding carboxylic acids is 2. The van der Waals surface area contributed by atoms with Gasteiger partial charge in [0, 0.05) is 39.1 Å². The van der Waals surface area contributed by atoms with Gasteiger partial charge in [-0.1, -0.05) is 12.1 Å². The number of carboxylic acids is 1. The Kier molecular flexibility index (Phi) is 9.64. The Bertz CT molecular complexity index is 1190. The van der Waals surface area contributed by atoms with Gasteiger partial charge in [-0.3, -0.25) is 9.59 Å². The second-order valence-electron chi connectivity index (χ2n) is 10.1. The van der Waals surface area contributed by atoms with Crippen LogP contribution in [0.25, 0.3) is 0 Å². The molecule has 1 aromatic carbocycles. The van der Waals surface area contributed by atoms with E-state index in [9.17, 15) is 27.2 Å². The maximum absolute atomic E-state index is 13.4. The maximum Gasteiger partial charge on any atom is 0.490 e. The van der Waals surface area contributed by atoms with E-state index in [2.05, 4.69) is 15.5 Å². The molecule has 2 N–H and O–H groups in total. The topological polar surface area (TPSA) is 121 Å². The Morgan fingerprint density at radius 2 is 1.82 bits per heavy atom. The first-order valence-corrected chi connectivity index (χ1v) is 12.5. The lowest BCUT2D eigenvalue weighted by Crippen LogP contribution is -2.34. The fourth-order valence-corrected chi connectivity index (χ4v) is 4.74. The first-order valence-electron chi connectivity index (χ1n) is 12.5. The fraction of sp³-hybridized carbons (Fsp3) is 0.560. The third kappa shape index (κ3) is 8.22. The van der Waals surface area contributed by atoms with Gasteiger partial charge in [-0.25, -0.2) is 9.18 Å². The van der Waals surface area contributed by atoms with E-state index in [4.69, 9.17) is 9.90 Å². The van der Waals surface area contributed by atoms with Gasteiger partial charge in [0.25, 0.3) is 5.91 Å². The summed E-state index contributed by atoms with van der Waals surface area (Å²) in [5.41, 5.74) is 0.727. The number of likely N-dealkylation sites (tertiary alicyclic amines) is 1. The van der Waals surface area contributed by atoms with Crippen molar-refractivity contribution in [2.45, 2.75) is 44.8 Å². The van der Waals surface area contributed by atoms with Crippen molar-refractivity contribution in [1.82, 2.24) is 29.9 Å². The Balaban J connectivity index is 0.000000532. The molecule has 1 atom stereocenters. The van der Waals surface area contributed by atoms with Crippen molar-refractivity contribution in [1.29, 1.82) is 0 Å². The monoisotopic (exact) mass is 556 g/mol. The molecule has 3 heterocycles. The highest BCUT2D eigenvalue weighted by molar-refractivity contribution is 5.90. The molecule has 1 saturated heterocycles. The Morgan fingerprint density at radius 1 is 1.13 bits per heavy atom. The number of nitrogens with zero attached hydrogens (tertiary/aromatic N) is 5. The van der Waals surface area contributed by atoms with Crippen molar-refractivity contribution < 1.29 is 37.1 Å². The number of amides is 2. The first-order chi connectivity index (χ1) is 18.3. The van der Waals surface area contributed by atoms with Crippen LogP contribution in [-0.2, 0) is 29.0 Å². The predicted molar refractivity (Wildman–Crippen MR) is 131 cm³/mol. The number of rotatable bonds is 6. The first kappa shape index (κ1) is 30.0. The molecular formula is C25H32F4N6O4. The molecule has 2 aliphatic rings. The van der Waals surface area contributed by atoms with Gasteiger partial charge in [0.2, 0.25) is 11.7 Å². The van der Waals surface area contributed by atoms with Crippen molar-refractivity contribution in [3.05, 3.63) is 47.3 Å². The predicted octanol–water partition coefficient (Wildman–Crippen LogP) is 2.14. The van der Waals surface area contributed by atoms with E-state index < -0.39 is 12.1 Å². The van der Waals surface area contributed by atoms with Gasteiger partial charge in [0.1, 0.15) is 11.6 Å². The van der Waals surface area contributed by atoms with Crippen LogP contribution in [0.1, 0.15) is 41.3 Å². The average Bonchev–Trinajstić information content (AvgIpc) is 3.41. The van der Waals surface area contributed by atoms with Gasteiger partial charge in [-0.05, 0) is 56.5 Å². The number of aliphatic carboxylic acids is 1. The fourth-order valence-electron chi connectivity index (χ4n) is 4.74. The molecule has 1 unspecified atom stereocenters. The van der Waals surface area contributed by atoms with Crippen molar-refractivity contribution in [3.8, 4) is 0 Å². The lowest BCUT2D eigenvalue weighted by Gasteiger charge is -2.27. The minimum Gasteiger partial charge on any atom is -0.475 e. The summed E-state index contributed by atoms with van der Waals surface area (Å²) in [5, 5.41) is 18.5. The number of nitrogens with one attached hydrogen (secondary N) is 1. The zero-order chi connectivity index (χ0) is 28.8. The Morgan fingerprint density at radius 3 is 2.46 bits per heavy atom. The smallest absolute Gasteiger partial charge is 0.475 e. The molecule has 0 saturated carbocycles. The largest absolute Gasteiger partial charge is 0.490 e. The normalized spacial score (nSPS) is 18.8. The van der Waals surface area contributed by atoms with Crippen molar-refractivity contribution >= 4 is 17.8 Å². The van der Waals surface area contributed by atoms with Crippen LogP contribution in [0.15, 0.2) is 24.3 Å². The van der Waals surface area contributed by atoms with Gasteiger partial charge in [0.05, 0.1) is 6.42 Å². The molecule has 214 valence electrons. The van der Waals surface area contributed by atoms with Gasteiger partial charge >= 0.3 is 12.1 Å². The molecular weight excluding hydrogens is 524 g/mol. The summed E-state index contributed by atoms with van der Waals surface area (Å²) < 4.78 is 47.1. The minimum absolute atomic E-state index is 0.0248. The van der Waals surface area contributed by atoms with Crippen molar-refractivity contribution in [2.24, 2.45) is 5.41 Å². The molecule has 1 spiro atoms. The van der Waals surface area contributed by atoms with Crippen molar-refractivity contribution in [3.63, 3.8) is 0 Å². The maximum atomic E-state index is 13.4. The summed E-state index contributed by atoms with van der Waals surface area (Å²) in [4.78, 5) is 38.2. The number of halogens is 4. The van der Waals surface area contributed by atoms with E-state index in [0.717, 1.165) is 38.1 Å². The third-order valence-electron chi connectivity index (χ3n) is 6.90. The second-order valence-corrected chi connectivity index (χ2v) is 10.1. The SMILES string of the molecule is CN(C)CCNC(=O)c1nnc2n1CCC1(CC2)CCN(C(=O)Cc2cccc(F)c2)C1.O=C(O)C(F)(F)F. The van der Waals surface area contributed by atoms with Crippen LogP contribution in [-0.4, -0.2) is 93.9 Å². The summed E-state index contributed by atoms with van der Waals surface area (Å²) in [6.45, 7) is 3.40. The lowest BCUT2D eigenvalue weighted by molar-refractivity contribution is -0.192. The highest BCUT2D eigenvalue weighted by Gasteiger charge is 2.41. The Hall–Kier alpha value is -3.55. The van der Waals surface area contributed by atoms with E-state index in [1.165, 1.54) is 12.1 Å². The van der Waals surface area contributed by atoms with Gasteiger partial charge in [0.15, 0.2) is 0 Å². The van der Waals surface area contributed by atoms with Crippen LogP contribution in [0.2, 0.25) is 0 Å². The number of aryl methyl sites for hydroxylation is 1. The van der Waals surface area contributed by atoms with Crippen LogP contribution in [0.5, 0.6) is 0 Å². The number of alkyl halides is 3. The molecule has 2 amide bonds.